The Morgan fingerprint density at radius 1 is 1.55 bits per heavy atom. The first-order chi connectivity index (χ1) is 9.59. The number of aromatic nitrogens is 3. The highest BCUT2D eigenvalue weighted by Gasteiger charge is 2.38. The molecule has 20 heavy (non-hydrogen) atoms. The van der Waals surface area contributed by atoms with Gasteiger partial charge < -0.3 is 9.47 Å². The molecule has 1 aliphatic carbocycles. The van der Waals surface area contributed by atoms with E-state index < -0.39 is 5.54 Å². The van der Waals surface area contributed by atoms with Crippen molar-refractivity contribution in [3.8, 4) is 6.07 Å². The lowest BCUT2D eigenvalue weighted by Crippen LogP contribution is -2.50. The van der Waals surface area contributed by atoms with E-state index in [4.69, 9.17) is 0 Å². The molecule has 0 bridgehead atoms. The quantitative estimate of drug-likeness (QED) is 0.788. The van der Waals surface area contributed by atoms with Crippen molar-refractivity contribution in [2.24, 2.45) is 7.05 Å². The zero-order valence-corrected chi connectivity index (χ0v) is 12.7. The molecule has 1 heterocycles. The molecular formula is C13H19N5OS. The van der Waals surface area contributed by atoms with E-state index in [1.165, 1.54) is 11.8 Å². The average molecular weight is 293 g/mol. The van der Waals surface area contributed by atoms with Gasteiger partial charge in [0.05, 0.1) is 11.8 Å². The molecule has 1 aromatic rings. The smallest absolute Gasteiger partial charge is 0.234 e. The molecule has 6 nitrogen and oxygen atoms in total. The van der Waals surface area contributed by atoms with Gasteiger partial charge in [-0.2, -0.15) is 5.26 Å². The predicted molar refractivity (Wildman–Crippen MR) is 75.9 cm³/mol. The first kappa shape index (κ1) is 14.9. The fourth-order valence-electron chi connectivity index (χ4n) is 2.52. The number of nitrogens with zero attached hydrogens (tertiary/aromatic N) is 5. The molecule has 2 rings (SSSR count). The summed E-state index contributed by atoms with van der Waals surface area (Å²) >= 11 is 1.35. The summed E-state index contributed by atoms with van der Waals surface area (Å²) in [6, 6.07) is 2.37. The van der Waals surface area contributed by atoms with Gasteiger partial charge in [-0.3, -0.25) is 4.79 Å². The largest absolute Gasteiger partial charge is 0.326 e. The number of carbonyl (C=O) groups excluding carboxylic acids is 1. The first-order valence-electron chi connectivity index (χ1n) is 6.74. The van der Waals surface area contributed by atoms with Crippen molar-refractivity contribution in [3.63, 3.8) is 0 Å². The zero-order chi connectivity index (χ0) is 14.6. The summed E-state index contributed by atoms with van der Waals surface area (Å²) in [5.41, 5.74) is -0.615. The van der Waals surface area contributed by atoms with Crippen molar-refractivity contribution in [3.05, 3.63) is 6.33 Å². The first-order valence-corrected chi connectivity index (χ1v) is 7.72. The molecule has 1 aromatic heterocycles. The van der Waals surface area contributed by atoms with Crippen molar-refractivity contribution in [2.45, 2.75) is 42.8 Å². The molecule has 0 atom stereocenters. The van der Waals surface area contributed by atoms with Gasteiger partial charge in [0.2, 0.25) is 5.91 Å². The molecule has 1 fully saturated rings. The van der Waals surface area contributed by atoms with Crippen LogP contribution >= 0.6 is 11.8 Å². The van der Waals surface area contributed by atoms with Crippen molar-refractivity contribution in [1.82, 2.24) is 19.7 Å². The van der Waals surface area contributed by atoms with E-state index in [1.807, 2.05) is 7.05 Å². The topological polar surface area (TPSA) is 74.8 Å². The number of nitriles is 1. The number of hydrogen-bond acceptors (Lipinski definition) is 5. The second-order valence-corrected chi connectivity index (χ2v) is 6.11. The molecule has 0 N–H and O–H groups in total. The van der Waals surface area contributed by atoms with Crippen LogP contribution in [0.2, 0.25) is 0 Å². The van der Waals surface area contributed by atoms with E-state index in [0.717, 1.165) is 32.1 Å². The van der Waals surface area contributed by atoms with E-state index in [1.54, 1.807) is 22.8 Å². The van der Waals surface area contributed by atoms with Gasteiger partial charge in [-0.05, 0) is 12.8 Å². The summed E-state index contributed by atoms with van der Waals surface area (Å²) in [6.07, 6.45) is 6.34. The molecule has 0 saturated heterocycles. The number of hydrogen-bond donors (Lipinski definition) is 0. The SMILES string of the molecule is CN(C(=O)CSc1nncn1C)C1(C#N)CCCCC1. The number of thioether (sulfide) groups is 1. The third-order valence-corrected chi connectivity index (χ3v) is 4.92. The normalized spacial score (nSPS) is 17.4. The molecule has 0 unspecified atom stereocenters. The maximum absolute atomic E-state index is 12.3. The summed E-state index contributed by atoms with van der Waals surface area (Å²) in [7, 11) is 3.59. The van der Waals surface area contributed by atoms with Crippen LogP contribution in [0.25, 0.3) is 0 Å². The van der Waals surface area contributed by atoms with Crippen LogP contribution in [-0.2, 0) is 11.8 Å². The minimum Gasteiger partial charge on any atom is -0.326 e. The standard InChI is InChI=1S/C13H19N5OS/c1-17-10-15-16-12(17)20-8-11(19)18(2)13(9-14)6-4-3-5-7-13/h10H,3-8H2,1-2H3. The van der Waals surface area contributed by atoms with E-state index in [-0.39, 0.29) is 11.7 Å². The maximum Gasteiger partial charge on any atom is 0.234 e. The zero-order valence-electron chi connectivity index (χ0n) is 11.9. The Balaban J connectivity index is 1.97. The van der Waals surface area contributed by atoms with Crippen LogP contribution in [0, 0.1) is 11.3 Å². The Hall–Kier alpha value is -1.55. The number of aryl methyl sites for hydroxylation is 1. The van der Waals surface area contributed by atoms with Gasteiger partial charge >= 0.3 is 0 Å². The van der Waals surface area contributed by atoms with Crippen molar-refractivity contribution >= 4 is 17.7 Å². The summed E-state index contributed by atoms with van der Waals surface area (Å²) in [5, 5.41) is 17.9. The van der Waals surface area contributed by atoms with Crippen molar-refractivity contribution in [1.29, 1.82) is 5.26 Å². The van der Waals surface area contributed by atoms with Crippen LogP contribution in [-0.4, -0.2) is 43.9 Å². The summed E-state index contributed by atoms with van der Waals surface area (Å²) in [4.78, 5) is 13.9. The van der Waals surface area contributed by atoms with E-state index in [2.05, 4.69) is 16.3 Å². The lowest BCUT2D eigenvalue weighted by atomic mass is 9.81. The number of amides is 1. The van der Waals surface area contributed by atoms with Gasteiger partial charge in [0.25, 0.3) is 0 Å². The van der Waals surface area contributed by atoms with Gasteiger partial charge in [0.15, 0.2) is 5.16 Å². The lowest BCUT2D eigenvalue weighted by molar-refractivity contribution is -0.131. The number of carbonyl (C=O) groups is 1. The molecule has 0 spiro atoms. The van der Waals surface area contributed by atoms with Gasteiger partial charge in [-0.1, -0.05) is 31.0 Å². The highest BCUT2D eigenvalue weighted by molar-refractivity contribution is 7.99. The van der Waals surface area contributed by atoms with Crippen molar-refractivity contribution < 1.29 is 4.79 Å². The van der Waals surface area contributed by atoms with Crippen LogP contribution in [0.3, 0.4) is 0 Å². The number of rotatable bonds is 4. The van der Waals surface area contributed by atoms with Gasteiger partial charge in [-0.25, -0.2) is 0 Å². The van der Waals surface area contributed by atoms with Crippen LogP contribution in [0.15, 0.2) is 11.5 Å². The van der Waals surface area contributed by atoms with Crippen LogP contribution in [0.5, 0.6) is 0 Å². The fourth-order valence-corrected chi connectivity index (χ4v) is 3.33. The second-order valence-electron chi connectivity index (χ2n) is 5.17. The molecule has 0 radical (unpaired) electrons. The Morgan fingerprint density at radius 3 is 2.80 bits per heavy atom. The van der Waals surface area contributed by atoms with Gasteiger partial charge in [-0.15, -0.1) is 10.2 Å². The molecule has 0 aromatic carbocycles. The average Bonchev–Trinajstić information content (AvgIpc) is 2.90. The Kier molecular flexibility index (Phi) is 4.65. The summed E-state index contributed by atoms with van der Waals surface area (Å²) < 4.78 is 1.78. The van der Waals surface area contributed by atoms with E-state index in [9.17, 15) is 10.1 Å². The predicted octanol–water partition coefficient (Wildman–Crippen LogP) is 1.59. The Bertz CT molecular complexity index is 515. The van der Waals surface area contributed by atoms with Crippen LogP contribution in [0.4, 0.5) is 0 Å². The minimum absolute atomic E-state index is 0.0264. The molecule has 1 saturated carbocycles. The lowest BCUT2D eigenvalue weighted by Gasteiger charge is -2.39. The third kappa shape index (κ3) is 2.96. The molecule has 7 heteroatoms. The van der Waals surface area contributed by atoms with Gasteiger partial charge in [0.1, 0.15) is 11.9 Å². The fraction of sp³-hybridized carbons (Fsp3) is 0.692. The Labute approximate surface area is 123 Å². The van der Waals surface area contributed by atoms with Crippen LogP contribution < -0.4 is 0 Å². The minimum atomic E-state index is -0.615. The highest BCUT2D eigenvalue weighted by atomic mass is 32.2. The van der Waals surface area contributed by atoms with Gasteiger partial charge in [0, 0.05) is 14.1 Å². The molecule has 1 amide bonds. The van der Waals surface area contributed by atoms with E-state index >= 15 is 0 Å². The molecule has 108 valence electrons. The molecule has 0 aliphatic heterocycles. The van der Waals surface area contributed by atoms with E-state index in [0.29, 0.717) is 5.16 Å². The molecule has 1 aliphatic rings. The maximum atomic E-state index is 12.3. The monoisotopic (exact) mass is 293 g/mol. The second kappa shape index (κ2) is 6.27. The molecular weight excluding hydrogens is 274 g/mol. The highest BCUT2D eigenvalue weighted by Crippen LogP contribution is 2.32. The Morgan fingerprint density at radius 2 is 2.25 bits per heavy atom. The van der Waals surface area contributed by atoms with Crippen molar-refractivity contribution in [2.75, 3.05) is 12.8 Å². The summed E-state index contributed by atoms with van der Waals surface area (Å²) in [6.45, 7) is 0. The third-order valence-electron chi connectivity index (χ3n) is 3.90. The summed E-state index contributed by atoms with van der Waals surface area (Å²) in [5.74, 6) is 0.258. The van der Waals surface area contributed by atoms with Crippen LogP contribution in [0.1, 0.15) is 32.1 Å².